The van der Waals surface area contributed by atoms with Crippen molar-refractivity contribution in [2.24, 2.45) is 5.92 Å². The lowest BCUT2D eigenvalue weighted by Crippen LogP contribution is -2.47. The highest BCUT2D eigenvalue weighted by Gasteiger charge is 2.60. The molecule has 1 saturated heterocycles. The Kier molecular flexibility index (Phi) is 5.25. The molecule has 3 unspecified atom stereocenters. The van der Waals surface area contributed by atoms with Crippen LogP contribution in [0.3, 0.4) is 0 Å². The van der Waals surface area contributed by atoms with E-state index in [0.29, 0.717) is 24.2 Å². The van der Waals surface area contributed by atoms with Crippen molar-refractivity contribution in [1.82, 2.24) is 4.90 Å². The summed E-state index contributed by atoms with van der Waals surface area (Å²) >= 11 is 0. The minimum atomic E-state index is -5.80. The molecule has 3 aliphatic rings. The summed E-state index contributed by atoms with van der Waals surface area (Å²) in [6, 6.07) is 18.0. The Morgan fingerprint density at radius 3 is 2.56 bits per heavy atom. The number of alkyl halides is 3. The summed E-state index contributed by atoms with van der Waals surface area (Å²) in [5, 5.41) is 2.26. The molecule has 0 radical (unpaired) electrons. The van der Waals surface area contributed by atoms with Gasteiger partial charge in [-0.05, 0) is 64.9 Å². The molecule has 0 spiro atoms. The number of hydrogen-bond donors (Lipinski definition) is 0. The largest absolute Gasteiger partial charge is 0.534 e. The van der Waals surface area contributed by atoms with Crippen LogP contribution < -0.4 is 4.18 Å². The van der Waals surface area contributed by atoms with Gasteiger partial charge in [0.2, 0.25) is 0 Å². The Balaban J connectivity index is 1.38. The van der Waals surface area contributed by atoms with Crippen LogP contribution in [0, 0.1) is 5.92 Å². The van der Waals surface area contributed by atoms with Crippen LogP contribution in [0.15, 0.2) is 60.7 Å². The second-order valence-corrected chi connectivity index (χ2v) is 11.6. The zero-order valence-corrected chi connectivity index (χ0v) is 20.1. The van der Waals surface area contributed by atoms with Gasteiger partial charge in [-0.2, -0.15) is 21.6 Å². The predicted molar refractivity (Wildman–Crippen MR) is 128 cm³/mol. The zero-order chi connectivity index (χ0) is 25.3. The molecule has 2 fully saturated rings. The lowest BCUT2D eigenvalue weighted by Gasteiger charge is -2.44. The molecule has 3 aromatic rings. The first-order valence-electron chi connectivity index (χ1n) is 12.0. The highest BCUT2D eigenvalue weighted by Crippen LogP contribution is 2.57. The average molecular weight is 516 g/mol. The van der Waals surface area contributed by atoms with E-state index in [0.717, 1.165) is 48.1 Å². The minimum absolute atomic E-state index is 0.0289. The van der Waals surface area contributed by atoms with E-state index in [2.05, 4.69) is 33.3 Å². The molecule has 0 amide bonds. The smallest absolute Gasteiger partial charge is 0.376 e. The Morgan fingerprint density at radius 2 is 1.78 bits per heavy atom. The molecule has 0 N–H and O–H groups in total. The summed E-state index contributed by atoms with van der Waals surface area (Å²) in [6.07, 6.45) is 3.55. The van der Waals surface area contributed by atoms with Crippen molar-refractivity contribution >= 4 is 26.7 Å². The topological polar surface area (TPSA) is 63.7 Å². The van der Waals surface area contributed by atoms with Gasteiger partial charge < -0.3 is 4.18 Å². The highest BCUT2D eigenvalue weighted by atomic mass is 32.2. The number of carbonyl (C=O) groups excluding carboxylic acids is 1. The van der Waals surface area contributed by atoms with Crippen molar-refractivity contribution in [3.8, 4) is 5.75 Å². The molecule has 6 rings (SSSR count). The molecular formula is C27H24F3NO4S. The van der Waals surface area contributed by atoms with E-state index in [4.69, 9.17) is 0 Å². The number of ketones is 1. The van der Waals surface area contributed by atoms with Crippen molar-refractivity contribution in [3.63, 3.8) is 0 Å². The molecule has 1 saturated carbocycles. The summed E-state index contributed by atoms with van der Waals surface area (Å²) in [5.74, 6) is -0.443. The normalized spacial score (nSPS) is 26.0. The van der Waals surface area contributed by atoms with Crippen LogP contribution in [0.5, 0.6) is 5.75 Å². The molecule has 2 bridgehead atoms. The van der Waals surface area contributed by atoms with Gasteiger partial charge in [-0.25, -0.2) is 0 Å². The zero-order valence-electron chi connectivity index (χ0n) is 19.3. The number of nitrogens with zero attached hydrogens (tertiary/aromatic N) is 1. The van der Waals surface area contributed by atoms with E-state index in [-0.39, 0.29) is 17.7 Å². The molecule has 3 aromatic carbocycles. The number of benzene rings is 3. The standard InChI is InChI=1S/C27H24F3NO4S/c28-27(29,30)36(33,34)35-20-10-11-21-23(14-20)26-12-4-3-7-22(26)24(25(21)32)31(16-26)15-17-8-9-18-5-1-2-6-19(18)13-17/h1-2,5-6,8-11,13-14,22,24H,3-4,7,12,15-16H2. The third-order valence-electron chi connectivity index (χ3n) is 8.11. The van der Waals surface area contributed by atoms with Crippen molar-refractivity contribution in [1.29, 1.82) is 0 Å². The van der Waals surface area contributed by atoms with Gasteiger partial charge in [-0.1, -0.05) is 49.2 Å². The number of rotatable bonds is 4. The first-order valence-corrected chi connectivity index (χ1v) is 13.4. The molecule has 3 atom stereocenters. The molecular weight excluding hydrogens is 491 g/mol. The molecule has 188 valence electrons. The van der Waals surface area contributed by atoms with Crippen LogP contribution >= 0.6 is 0 Å². The second kappa shape index (κ2) is 8.05. The molecule has 2 aliphatic carbocycles. The van der Waals surface area contributed by atoms with E-state index < -0.39 is 26.8 Å². The van der Waals surface area contributed by atoms with Crippen molar-refractivity contribution in [2.45, 2.75) is 49.2 Å². The van der Waals surface area contributed by atoms with E-state index in [1.54, 1.807) is 0 Å². The SMILES string of the molecule is O=C1c2ccc(OS(=O)(=O)C(F)(F)F)cc2C23CCCCC2C1N(Cc1ccc2ccccc2c1)C3. The number of carbonyl (C=O) groups is 1. The van der Waals surface area contributed by atoms with Crippen LogP contribution in [0.1, 0.15) is 47.2 Å². The van der Waals surface area contributed by atoms with Gasteiger partial charge in [-0.3, -0.25) is 9.69 Å². The van der Waals surface area contributed by atoms with Gasteiger partial charge in [0, 0.05) is 24.1 Å². The Labute approximate surface area is 207 Å². The molecule has 1 aliphatic heterocycles. The monoisotopic (exact) mass is 515 g/mol. The maximum atomic E-state index is 13.7. The van der Waals surface area contributed by atoms with Crippen LogP contribution in [-0.2, 0) is 22.1 Å². The first-order chi connectivity index (χ1) is 17.1. The first kappa shape index (κ1) is 23.5. The Bertz CT molecular complexity index is 1490. The summed E-state index contributed by atoms with van der Waals surface area (Å²) in [4.78, 5) is 15.9. The Hall–Kier alpha value is -2.91. The van der Waals surface area contributed by atoms with Gasteiger partial charge in [0.1, 0.15) is 5.75 Å². The van der Waals surface area contributed by atoms with Crippen molar-refractivity contribution in [3.05, 3.63) is 77.4 Å². The predicted octanol–water partition coefficient (Wildman–Crippen LogP) is 5.58. The maximum Gasteiger partial charge on any atom is 0.534 e. The number of halogens is 3. The highest BCUT2D eigenvalue weighted by molar-refractivity contribution is 7.88. The van der Waals surface area contributed by atoms with E-state index in [1.807, 2.05) is 18.2 Å². The van der Waals surface area contributed by atoms with Crippen molar-refractivity contribution < 1.29 is 30.6 Å². The summed E-state index contributed by atoms with van der Waals surface area (Å²) in [7, 11) is -5.80. The number of fused-ring (bicyclic) bond motifs is 2. The molecule has 5 nitrogen and oxygen atoms in total. The fourth-order valence-corrected chi connectivity index (χ4v) is 7.12. The second-order valence-electron chi connectivity index (χ2n) is 10.1. The molecule has 36 heavy (non-hydrogen) atoms. The maximum absolute atomic E-state index is 13.7. The summed E-state index contributed by atoms with van der Waals surface area (Å²) in [5.41, 5.74) is -3.80. The molecule has 0 aromatic heterocycles. The minimum Gasteiger partial charge on any atom is -0.376 e. The lowest BCUT2D eigenvalue weighted by molar-refractivity contribution is -0.0500. The van der Waals surface area contributed by atoms with E-state index >= 15 is 0 Å². The molecule has 1 heterocycles. The van der Waals surface area contributed by atoms with Gasteiger partial charge in [-0.15, -0.1) is 0 Å². The van der Waals surface area contributed by atoms with Crippen molar-refractivity contribution in [2.75, 3.05) is 6.54 Å². The van der Waals surface area contributed by atoms with Crippen LogP contribution in [-0.4, -0.2) is 37.2 Å². The quantitative estimate of drug-likeness (QED) is 0.336. The number of likely N-dealkylation sites (tertiary alicyclic amines) is 1. The third kappa shape index (κ3) is 3.55. The number of Topliss-reactive ketones (excluding diaryl/α,β-unsaturated/α-hetero) is 1. The van der Waals surface area contributed by atoms with Crippen LogP contribution in [0.4, 0.5) is 13.2 Å². The third-order valence-corrected chi connectivity index (χ3v) is 9.09. The van der Waals surface area contributed by atoms with Gasteiger partial charge in [0.25, 0.3) is 0 Å². The van der Waals surface area contributed by atoms with E-state index in [9.17, 15) is 26.4 Å². The fraction of sp³-hybridized carbons (Fsp3) is 0.370. The van der Waals surface area contributed by atoms with Crippen LogP contribution in [0.2, 0.25) is 0 Å². The fourth-order valence-electron chi connectivity index (χ4n) is 6.67. The Morgan fingerprint density at radius 1 is 1.00 bits per heavy atom. The number of hydrogen-bond acceptors (Lipinski definition) is 5. The average Bonchev–Trinajstić information content (AvgIpc) is 3.12. The summed E-state index contributed by atoms with van der Waals surface area (Å²) in [6.45, 7) is 1.17. The summed E-state index contributed by atoms with van der Waals surface area (Å²) < 4.78 is 66.4. The van der Waals surface area contributed by atoms with Crippen LogP contribution in [0.25, 0.3) is 10.8 Å². The van der Waals surface area contributed by atoms with Gasteiger partial charge >= 0.3 is 15.6 Å². The van der Waals surface area contributed by atoms with Gasteiger partial charge in [0.05, 0.1) is 6.04 Å². The van der Waals surface area contributed by atoms with E-state index in [1.165, 1.54) is 12.1 Å². The van der Waals surface area contributed by atoms with Gasteiger partial charge in [0.15, 0.2) is 5.78 Å². The lowest BCUT2D eigenvalue weighted by atomic mass is 9.58. The molecule has 9 heteroatoms.